The number of amides is 2. The van der Waals surface area contributed by atoms with E-state index in [1.165, 1.54) is 0 Å². The van der Waals surface area contributed by atoms with Crippen molar-refractivity contribution in [2.45, 2.75) is 13.3 Å². The lowest BCUT2D eigenvalue weighted by Gasteiger charge is -2.17. The molecule has 0 unspecified atom stereocenters. The van der Waals surface area contributed by atoms with E-state index in [-0.39, 0.29) is 6.03 Å². The topological polar surface area (TPSA) is 71.3 Å². The van der Waals surface area contributed by atoms with Crippen LogP contribution in [0.3, 0.4) is 0 Å². The first-order chi connectivity index (χ1) is 12.5. The molecule has 1 N–H and O–H groups in total. The van der Waals surface area contributed by atoms with Gasteiger partial charge in [-0.05, 0) is 36.8 Å². The smallest absolute Gasteiger partial charge is 0.321 e. The zero-order valence-electron chi connectivity index (χ0n) is 14.6. The summed E-state index contributed by atoms with van der Waals surface area (Å²) in [5.74, 6) is 1.03. The van der Waals surface area contributed by atoms with Crippen molar-refractivity contribution in [1.29, 1.82) is 0 Å². The number of anilines is 1. The first-order valence-corrected chi connectivity index (χ1v) is 8.57. The van der Waals surface area contributed by atoms with E-state index in [2.05, 4.69) is 15.5 Å². The van der Waals surface area contributed by atoms with Crippen molar-refractivity contribution in [3.8, 4) is 11.5 Å². The van der Waals surface area contributed by atoms with E-state index >= 15 is 0 Å². The molecule has 0 bridgehead atoms. The summed E-state index contributed by atoms with van der Waals surface area (Å²) in [6, 6.07) is 14.7. The van der Waals surface area contributed by atoms with E-state index in [1.807, 2.05) is 49.4 Å². The van der Waals surface area contributed by atoms with Crippen LogP contribution in [0, 0.1) is 6.92 Å². The number of aryl methyl sites for hydroxylation is 1. The second-order valence-electron chi connectivity index (χ2n) is 5.95. The van der Waals surface area contributed by atoms with Gasteiger partial charge < -0.3 is 14.7 Å². The third kappa shape index (κ3) is 4.40. The number of likely N-dealkylation sites (N-methyl/N-ethyl adjacent to an activating group) is 1. The Morgan fingerprint density at radius 3 is 2.73 bits per heavy atom. The summed E-state index contributed by atoms with van der Waals surface area (Å²) in [4.78, 5) is 18.2. The minimum Gasteiger partial charge on any atom is -0.334 e. The van der Waals surface area contributed by atoms with Gasteiger partial charge in [-0.1, -0.05) is 41.0 Å². The predicted molar refractivity (Wildman–Crippen MR) is 101 cm³/mol. The fraction of sp³-hybridized carbons (Fsp3) is 0.211. The van der Waals surface area contributed by atoms with Gasteiger partial charge in [0, 0.05) is 36.3 Å². The first kappa shape index (κ1) is 17.9. The van der Waals surface area contributed by atoms with Crippen molar-refractivity contribution in [1.82, 2.24) is 15.0 Å². The summed E-state index contributed by atoms with van der Waals surface area (Å²) in [5.41, 5.74) is 2.49. The Kier molecular flexibility index (Phi) is 5.53. The summed E-state index contributed by atoms with van der Waals surface area (Å²) in [7, 11) is 1.71. The predicted octanol–water partition coefficient (Wildman–Crippen LogP) is 4.40. The lowest BCUT2D eigenvalue weighted by molar-refractivity contribution is 0.222. The molecule has 0 fully saturated rings. The highest BCUT2D eigenvalue weighted by molar-refractivity contribution is 6.31. The maximum absolute atomic E-state index is 12.3. The molecule has 0 atom stereocenters. The zero-order chi connectivity index (χ0) is 18.5. The number of urea groups is 1. The summed E-state index contributed by atoms with van der Waals surface area (Å²) in [6.45, 7) is 2.37. The van der Waals surface area contributed by atoms with Gasteiger partial charge in [0.2, 0.25) is 0 Å². The van der Waals surface area contributed by atoms with Crippen molar-refractivity contribution < 1.29 is 9.32 Å². The third-order valence-corrected chi connectivity index (χ3v) is 4.34. The number of halogens is 1. The molecule has 2 amide bonds. The number of aromatic nitrogens is 2. The van der Waals surface area contributed by atoms with E-state index in [0.29, 0.717) is 35.4 Å². The molecule has 0 aliphatic rings. The molecule has 3 aromatic rings. The molecular formula is C19H19ClN4O2. The van der Waals surface area contributed by atoms with Crippen LogP contribution < -0.4 is 5.32 Å². The normalized spacial score (nSPS) is 10.6. The Morgan fingerprint density at radius 1 is 1.23 bits per heavy atom. The Labute approximate surface area is 156 Å². The molecule has 0 radical (unpaired) electrons. The van der Waals surface area contributed by atoms with Crippen LogP contribution in [0.25, 0.3) is 11.5 Å². The van der Waals surface area contributed by atoms with Crippen molar-refractivity contribution in [3.05, 3.63) is 64.9 Å². The minimum atomic E-state index is -0.225. The number of hydrogen-bond donors (Lipinski definition) is 1. The molecule has 0 aliphatic carbocycles. The van der Waals surface area contributed by atoms with Gasteiger partial charge in [-0.15, -0.1) is 0 Å². The van der Waals surface area contributed by atoms with Gasteiger partial charge in [0.25, 0.3) is 5.89 Å². The summed E-state index contributed by atoms with van der Waals surface area (Å²) < 4.78 is 5.27. The standard InChI is InChI=1S/C19H19ClN4O2/c1-13-8-9-15(12-16(13)20)21-19(25)24(2)11-10-17-22-18(26-23-17)14-6-4-3-5-7-14/h3-9,12H,10-11H2,1-2H3,(H,21,25). The number of nitrogens with zero attached hydrogens (tertiary/aromatic N) is 3. The summed E-state index contributed by atoms with van der Waals surface area (Å²) in [6.07, 6.45) is 0.495. The molecule has 3 rings (SSSR count). The zero-order valence-corrected chi connectivity index (χ0v) is 15.3. The Bertz CT molecular complexity index is 896. The quantitative estimate of drug-likeness (QED) is 0.722. The molecule has 7 heteroatoms. The Hall–Kier alpha value is -2.86. The average molecular weight is 371 g/mol. The summed E-state index contributed by atoms with van der Waals surface area (Å²) >= 11 is 6.08. The van der Waals surface area contributed by atoms with E-state index in [4.69, 9.17) is 16.1 Å². The Morgan fingerprint density at radius 2 is 2.00 bits per heavy atom. The van der Waals surface area contributed by atoms with E-state index < -0.39 is 0 Å². The van der Waals surface area contributed by atoms with E-state index in [9.17, 15) is 4.79 Å². The number of nitrogens with one attached hydrogen (secondary N) is 1. The van der Waals surface area contributed by atoms with Gasteiger partial charge in [-0.25, -0.2) is 4.79 Å². The molecule has 134 valence electrons. The molecule has 2 aromatic carbocycles. The number of benzene rings is 2. The molecule has 1 aromatic heterocycles. The van der Waals surface area contributed by atoms with Crippen LogP contribution in [0.5, 0.6) is 0 Å². The van der Waals surface area contributed by atoms with Gasteiger partial charge in [0.1, 0.15) is 0 Å². The highest BCUT2D eigenvalue weighted by Gasteiger charge is 2.13. The SMILES string of the molecule is Cc1ccc(NC(=O)N(C)CCc2noc(-c3ccccc3)n2)cc1Cl. The second-order valence-corrected chi connectivity index (χ2v) is 6.35. The van der Waals surface area contributed by atoms with Crippen LogP contribution in [0.4, 0.5) is 10.5 Å². The highest BCUT2D eigenvalue weighted by atomic mass is 35.5. The minimum absolute atomic E-state index is 0.225. The molecule has 6 nitrogen and oxygen atoms in total. The van der Waals surface area contributed by atoms with Crippen molar-refractivity contribution in [2.75, 3.05) is 18.9 Å². The lowest BCUT2D eigenvalue weighted by atomic mass is 10.2. The molecule has 0 aliphatic heterocycles. The number of carbonyl (C=O) groups excluding carboxylic acids is 1. The fourth-order valence-electron chi connectivity index (χ4n) is 2.31. The molecule has 0 spiro atoms. The van der Waals surface area contributed by atoms with Gasteiger partial charge in [0.05, 0.1) is 0 Å². The van der Waals surface area contributed by atoms with Crippen molar-refractivity contribution in [3.63, 3.8) is 0 Å². The molecular weight excluding hydrogens is 352 g/mol. The fourth-order valence-corrected chi connectivity index (χ4v) is 2.49. The molecule has 1 heterocycles. The lowest BCUT2D eigenvalue weighted by Crippen LogP contribution is -2.33. The van der Waals surface area contributed by atoms with E-state index in [1.54, 1.807) is 18.0 Å². The summed E-state index contributed by atoms with van der Waals surface area (Å²) in [5, 5.41) is 7.40. The second kappa shape index (κ2) is 8.01. The Balaban J connectivity index is 1.55. The van der Waals surface area contributed by atoms with Crippen LogP contribution in [0.2, 0.25) is 5.02 Å². The van der Waals surface area contributed by atoms with Gasteiger partial charge in [-0.3, -0.25) is 0 Å². The maximum atomic E-state index is 12.3. The van der Waals surface area contributed by atoms with Crippen LogP contribution in [-0.2, 0) is 6.42 Å². The van der Waals surface area contributed by atoms with Crippen LogP contribution in [0.1, 0.15) is 11.4 Å². The average Bonchev–Trinajstić information content (AvgIpc) is 3.12. The van der Waals surface area contributed by atoms with E-state index in [0.717, 1.165) is 11.1 Å². The third-order valence-electron chi connectivity index (χ3n) is 3.93. The van der Waals surface area contributed by atoms with Crippen LogP contribution in [-0.4, -0.2) is 34.7 Å². The molecule has 26 heavy (non-hydrogen) atoms. The highest BCUT2D eigenvalue weighted by Crippen LogP contribution is 2.20. The molecule has 0 saturated carbocycles. The number of hydrogen-bond acceptors (Lipinski definition) is 4. The monoisotopic (exact) mass is 370 g/mol. The van der Waals surface area contributed by atoms with Gasteiger partial charge in [0.15, 0.2) is 5.82 Å². The number of rotatable bonds is 5. The van der Waals surface area contributed by atoms with Crippen molar-refractivity contribution >= 4 is 23.3 Å². The number of carbonyl (C=O) groups is 1. The largest absolute Gasteiger partial charge is 0.334 e. The van der Waals surface area contributed by atoms with Gasteiger partial charge in [-0.2, -0.15) is 4.98 Å². The molecule has 0 saturated heterocycles. The first-order valence-electron chi connectivity index (χ1n) is 8.19. The van der Waals surface area contributed by atoms with Crippen LogP contribution >= 0.6 is 11.6 Å². The maximum Gasteiger partial charge on any atom is 0.321 e. The van der Waals surface area contributed by atoms with Gasteiger partial charge >= 0.3 is 6.03 Å². The van der Waals surface area contributed by atoms with Crippen LogP contribution in [0.15, 0.2) is 53.1 Å². The van der Waals surface area contributed by atoms with Crippen molar-refractivity contribution in [2.24, 2.45) is 0 Å².